The summed E-state index contributed by atoms with van der Waals surface area (Å²) < 4.78 is 6.37. The molecule has 0 saturated heterocycles. The summed E-state index contributed by atoms with van der Waals surface area (Å²) >= 11 is 0. The molecule has 27 heavy (non-hydrogen) atoms. The molecule has 0 unspecified atom stereocenters. The molecule has 1 aromatic heterocycles. The lowest BCUT2D eigenvalue weighted by atomic mass is 10.1. The molecular weight excluding hydrogens is 346 g/mol. The second-order valence-corrected chi connectivity index (χ2v) is 5.91. The van der Waals surface area contributed by atoms with Gasteiger partial charge in [0.1, 0.15) is 0 Å². The standard InChI is InChI=1S/C20H19N3O4/c1-2-12-23-19(25)16-11-7-6-10-15(16)18(22-23)20(26)27-13-17(24)21-14-8-4-3-5-9-14/h3-11H,2,12-13H2,1H3,(H,21,24). The number of hydrogen-bond donors (Lipinski definition) is 1. The Morgan fingerprint density at radius 2 is 1.70 bits per heavy atom. The smallest absolute Gasteiger partial charge is 0.359 e. The Morgan fingerprint density at radius 1 is 1.04 bits per heavy atom. The van der Waals surface area contributed by atoms with Crippen molar-refractivity contribution in [2.75, 3.05) is 11.9 Å². The van der Waals surface area contributed by atoms with Crippen LogP contribution in [0.25, 0.3) is 10.8 Å². The van der Waals surface area contributed by atoms with Gasteiger partial charge in [-0.1, -0.05) is 43.3 Å². The summed E-state index contributed by atoms with van der Waals surface area (Å²) in [6.07, 6.45) is 0.694. The maximum atomic E-state index is 12.5. The Hall–Kier alpha value is -3.48. The number of anilines is 1. The third-order valence-electron chi connectivity index (χ3n) is 3.89. The van der Waals surface area contributed by atoms with Gasteiger partial charge >= 0.3 is 5.97 Å². The van der Waals surface area contributed by atoms with E-state index in [-0.39, 0.29) is 11.3 Å². The van der Waals surface area contributed by atoms with Crippen LogP contribution in [0, 0.1) is 0 Å². The monoisotopic (exact) mass is 365 g/mol. The van der Waals surface area contributed by atoms with Crippen LogP contribution in [-0.2, 0) is 16.1 Å². The molecule has 0 aliphatic carbocycles. The summed E-state index contributed by atoms with van der Waals surface area (Å²) in [5, 5.41) is 7.58. The number of carbonyl (C=O) groups is 2. The molecule has 3 rings (SSSR count). The van der Waals surface area contributed by atoms with Crippen LogP contribution >= 0.6 is 0 Å². The number of carbonyl (C=O) groups excluding carboxylic acids is 2. The Bertz CT molecular complexity index is 1030. The van der Waals surface area contributed by atoms with Gasteiger partial charge in [0, 0.05) is 17.6 Å². The molecule has 0 aliphatic heterocycles. The van der Waals surface area contributed by atoms with E-state index in [9.17, 15) is 14.4 Å². The third-order valence-corrected chi connectivity index (χ3v) is 3.89. The van der Waals surface area contributed by atoms with E-state index in [0.717, 1.165) is 0 Å². The highest BCUT2D eigenvalue weighted by Gasteiger charge is 2.18. The van der Waals surface area contributed by atoms with E-state index in [0.29, 0.717) is 29.4 Å². The quantitative estimate of drug-likeness (QED) is 0.678. The fourth-order valence-electron chi connectivity index (χ4n) is 2.67. The molecule has 3 aromatic rings. The number of aryl methyl sites for hydroxylation is 1. The second-order valence-electron chi connectivity index (χ2n) is 5.91. The summed E-state index contributed by atoms with van der Waals surface area (Å²) in [4.78, 5) is 36.9. The minimum atomic E-state index is -0.751. The lowest BCUT2D eigenvalue weighted by Crippen LogP contribution is -2.27. The predicted molar refractivity (Wildman–Crippen MR) is 102 cm³/mol. The SMILES string of the molecule is CCCn1nc(C(=O)OCC(=O)Nc2ccccc2)c2ccccc2c1=O. The number of nitrogens with zero attached hydrogens (tertiary/aromatic N) is 2. The first-order valence-corrected chi connectivity index (χ1v) is 8.62. The molecular formula is C20H19N3O4. The van der Waals surface area contributed by atoms with Crippen LogP contribution in [0.3, 0.4) is 0 Å². The zero-order chi connectivity index (χ0) is 19.2. The van der Waals surface area contributed by atoms with Gasteiger partial charge in [-0.05, 0) is 24.6 Å². The van der Waals surface area contributed by atoms with Gasteiger partial charge in [-0.3, -0.25) is 9.59 Å². The van der Waals surface area contributed by atoms with Crippen molar-refractivity contribution >= 4 is 28.3 Å². The number of para-hydroxylation sites is 1. The lowest BCUT2D eigenvalue weighted by Gasteiger charge is -2.10. The van der Waals surface area contributed by atoms with E-state index in [2.05, 4.69) is 10.4 Å². The first-order valence-electron chi connectivity index (χ1n) is 8.62. The van der Waals surface area contributed by atoms with Gasteiger partial charge in [-0.2, -0.15) is 5.10 Å². The van der Waals surface area contributed by atoms with Crippen molar-refractivity contribution in [2.24, 2.45) is 0 Å². The molecule has 1 amide bonds. The molecule has 0 spiro atoms. The van der Waals surface area contributed by atoms with E-state index < -0.39 is 18.5 Å². The number of aromatic nitrogens is 2. The van der Waals surface area contributed by atoms with E-state index in [1.807, 2.05) is 13.0 Å². The van der Waals surface area contributed by atoms with Crippen molar-refractivity contribution < 1.29 is 14.3 Å². The number of fused-ring (bicyclic) bond motifs is 1. The van der Waals surface area contributed by atoms with Gasteiger partial charge in [0.15, 0.2) is 12.3 Å². The van der Waals surface area contributed by atoms with Crippen molar-refractivity contribution in [3.63, 3.8) is 0 Å². The Labute approximate surface area is 155 Å². The van der Waals surface area contributed by atoms with Crippen molar-refractivity contribution in [3.8, 4) is 0 Å². The fraction of sp³-hybridized carbons (Fsp3) is 0.200. The molecule has 2 aromatic carbocycles. The zero-order valence-corrected chi connectivity index (χ0v) is 14.8. The van der Waals surface area contributed by atoms with Crippen LogP contribution < -0.4 is 10.9 Å². The maximum Gasteiger partial charge on any atom is 0.359 e. The summed E-state index contributed by atoms with van der Waals surface area (Å²) in [7, 11) is 0. The van der Waals surface area contributed by atoms with Gasteiger partial charge < -0.3 is 10.1 Å². The van der Waals surface area contributed by atoms with E-state index in [1.165, 1.54) is 4.68 Å². The molecule has 0 saturated carbocycles. The minimum absolute atomic E-state index is 0.0196. The normalized spacial score (nSPS) is 10.6. The van der Waals surface area contributed by atoms with Crippen LogP contribution in [0.4, 0.5) is 5.69 Å². The fourth-order valence-corrected chi connectivity index (χ4v) is 2.67. The van der Waals surface area contributed by atoms with Crippen LogP contribution in [0.5, 0.6) is 0 Å². The van der Waals surface area contributed by atoms with Crippen molar-refractivity contribution in [2.45, 2.75) is 19.9 Å². The highest BCUT2D eigenvalue weighted by molar-refractivity contribution is 6.03. The lowest BCUT2D eigenvalue weighted by molar-refractivity contribution is -0.119. The van der Waals surface area contributed by atoms with Crippen LogP contribution in [0.2, 0.25) is 0 Å². The molecule has 7 heteroatoms. The number of amides is 1. The first kappa shape index (κ1) is 18.3. The van der Waals surface area contributed by atoms with Crippen LogP contribution in [-0.4, -0.2) is 28.3 Å². The second kappa shape index (κ2) is 8.27. The molecule has 0 atom stereocenters. The van der Waals surface area contributed by atoms with E-state index in [1.54, 1.807) is 48.5 Å². The summed E-state index contributed by atoms with van der Waals surface area (Å²) in [5.41, 5.74) is 0.371. The topological polar surface area (TPSA) is 90.3 Å². The maximum absolute atomic E-state index is 12.5. The summed E-state index contributed by atoms with van der Waals surface area (Å²) in [6.45, 7) is 1.85. The molecule has 0 aliphatic rings. The summed E-state index contributed by atoms with van der Waals surface area (Å²) in [6, 6.07) is 15.6. The van der Waals surface area contributed by atoms with Crippen molar-refractivity contribution in [3.05, 3.63) is 70.6 Å². The minimum Gasteiger partial charge on any atom is -0.451 e. The van der Waals surface area contributed by atoms with Crippen LogP contribution in [0.1, 0.15) is 23.8 Å². The van der Waals surface area contributed by atoms with E-state index >= 15 is 0 Å². The number of rotatable bonds is 6. The molecule has 7 nitrogen and oxygen atoms in total. The molecule has 0 bridgehead atoms. The van der Waals surface area contributed by atoms with E-state index in [4.69, 9.17) is 4.74 Å². The van der Waals surface area contributed by atoms with Crippen LogP contribution in [0.15, 0.2) is 59.4 Å². The zero-order valence-electron chi connectivity index (χ0n) is 14.8. The molecule has 1 N–H and O–H groups in total. The molecule has 1 heterocycles. The third kappa shape index (κ3) is 4.20. The number of esters is 1. The Morgan fingerprint density at radius 3 is 2.41 bits per heavy atom. The van der Waals surface area contributed by atoms with Gasteiger partial charge in [-0.15, -0.1) is 0 Å². The highest BCUT2D eigenvalue weighted by Crippen LogP contribution is 2.14. The number of ether oxygens (including phenoxy) is 1. The average Bonchev–Trinajstić information content (AvgIpc) is 2.69. The number of hydrogen-bond acceptors (Lipinski definition) is 5. The predicted octanol–water partition coefficient (Wildman–Crippen LogP) is 2.60. The first-order chi connectivity index (χ1) is 13.1. The van der Waals surface area contributed by atoms with Gasteiger partial charge in [0.2, 0.25) is 0 Å². The Balaban J connectivity index is 1.80. The average molecular weight is 365 g/mol. The van der Waals surface area contributed by atoms with Crippen molar-refractivity contribution in [1.29, 1.82) is 0 Å². The van der Waals surface area contributed by atoms with Gasteiger partial charge in [0.25, 0.3) is 11.5 Å². The number of benzene rings is 2. The van der Waals surface area contributed by atoms with Gasteiger partial charge in [0.05, 0.1) is 5.39 Å². The summed E-state index contributed by atoms with van der Waals surface area (Å²) in [5.74, 6) is -1.21. The highest BCUT2D eigenvalue weighted by atomic mass is 16.5. The molecule has 0 fully saturated rings. The Kier molecular flexibility index (Phi) is 5.61. The largest absolute Gasteiger partial charge is 0.451 e. The van der Waals surface area contributed by atoms with Gasteiger partial charge in [-0.25, -0.2) is 9.48 Å². The molecule has 0 radical (unpaired) electrons. The molecule has 138 valence electrons. The number of nitrogens with one attached hydrogen (secondary N) is 1. The van der Waals surface area contributed by atoms with Crippen molar-refractivity contribution in [1.82, 2.24) is 9.78 Å².